The highest BCUT2D eigenvalue weighted by molar-refractivity contribution is 5.96. The van der Waals surface area contributed by atoms with E-state index in [0.29, 0.717) is 32.1 Å². The molecular weight excluding hydrogens is 288 g/mol. The Morgan fingerprint density at radius 3 is 2.22 bits per heavy atom. The van der Waals surface area contributed by atoms with Crippen LogP contribution in [-0.2, 0) is 4.79 Å². The van der Waals surface area contributed by atoms with Gasteiger partial charge in [-0.1, -0.05) is 25.0 Å². The highest BCUT2D eigenvalue weighted by atomic mass is 16.2. The molecule has 4 nitrogen and oxygen atoms in total. The topological polar surface area (TPSA) is 40.6 Å². The predicted molar refractivity (Wildman–Crippen MR) is 90.4 cm³/mol. The number of hydrogen-bond acceptors (Lipinski definition) is 2. The summed E-state index contributed by atoms with van der Waals surface area (Å²) in [6.07, 6.45) is 4.45. The van der Waals surface area contributed by atoms with Gasteiger partial charge in [0.1, 0.15) is 0 Å². The van der Waals surface area contributed by atoms with Crippen LogP contribution in [0.2, 0.25) is 0 Å². The third-order valence-electron chi connectivity index (χ3n) is 5.42. The lowest BCUT2D eigenvalue weighted by atomic mass is 10.0. The molecule has 1 aliphatic heterocycles. The molecule has 1 aromatic carbocycles. The van der Waals surface area contributed by atoms with Gasteiger partial charge in [-0.2, -0.15) is 0 Å². The molecule has 23 heavy (non-hydrogen) atoms. The minimum absolute atomic E-state index is 0.0964. The molecular formula is C19H26N2O2. The van der Waals surface area contributed by atoms with Crippen LogP contribution in [0.25, 0.3) is 0 Å². The first kappa shape index (κ1) is 16.0. The van der Waals surface area contributed by atoms with Crippen molar-refractivity contribution < 1.29 is 9.59 Å². The van der Waals surface area contributed by atoms with Crippen molar-refractivity contribution in [3.8, 4) is 0 Å². The van der Waals surface area contributed by atoms with Crippen molar-refractivity contribution in [2.45, 2.75) is 39.5 Å². The van der Waals surface area contributed by atoms with Crippen LogP contribution in [0.5, 0.6) is 0 Å². The summed E-state index contributed by atoms with van der Waals surface area (Å²) in [4.78, 5) is 29.0. The second-order valence-corrected chi connectivity index (χ2v) is 6.85. The Labute approximate surface area is 138 Å². The van der Waals surface area contributed by atoms with Gasteiger partial charge in [-0.15, -0.1) is 0 Å². The van der Waals surface area contributed by atoms with E-state index in [1.807, 2.05) is 41.8 Å². The maximum atomic E-state index is 12.7. The molecule has 1 heterocycles. The first-order valence-corrected chi connectivity index (χ1v) is 8.72. The van der Waals surface area contributed by atoms with Gasteiger partial charge in [-0.25, -0.2) is 0 Å². The summed E-state index contributed by atoms with van der Waals surface area (Å²) in [5.41, 5.74) is 2.99. The number of nitrogens with zero attached hydrogens (tertiary/aromatic N) is 2. The second-order valence-electron chi connectivity index (χ2n) is 6.85. The summed E-state index contributed by atoms with van der Waals surface area (Å²) < 4.78 is 0. The van der Waals surface area contributed by atoms with Crippen molar-refractivity contribution in [1.29, 1.82) is 0 Å². The zero-order valence-electron chi connectivity index (χ0n) is 14.2. The van der Waals surface area contributed by atoms with Gasteiger partial charge in [0.15, 0.2) is 0 Å². The van der Waals surface area contributed by atoms with E-state index in [-0.39, 0.29) is 11.8 Å². The summed E-state index contributed by atoms with van der Waals surface area (Å²) in [6, 6.07) is 5.88. The number of carbonyl (C=O) groups is 2. The standard InChI is InChI=1S/C19H26N2O2/c1-14-6-5-9-17(15(14)2)19(23)21-12-10-20(11-13-21)18(22)16-7-3-4-8-16/h5-6,9,16H,3-4,7-8,10-13H2,1-2H3. The molecule has 1 aromatic rings. The van der Waals surface area contributed by atoms with E-state index in [1.54, 1.807) is 0 Å². The zero-order valence-corrected chi connectivity index (χ0v) is 14.2. The van der Waals surface area contributed by atoms with Crippen LogP contribution in [0.15, 0.2) is 18.2 Å². The van der Waals surface area contributed by atoms with E-state index in [0.717, 1.165) is 29.5 Å². The highest BCUT2D eigenvalue weighted by Crippen LogP contribution is 2.27. The Morgan fingerprint density at radius 2 is 1.57 bits per heavy atom. The smallest absolute Gasteiger partial charge is 0.254 e. The molecule has 0 aromatic heterocycles. The van der Waals surface area contributed by atoms with Crippen LogP contribution in [0, 0.1) is 19.8 Å². The number of hydrogen-bond donors (Lipinski definition) is 0. The summed E-state index contributed by atoms with van der Waals surface area (Å²) in [5, 5.41) is 0. The Hall–Kier alpha value is -1.84. The first-order chi connectivity index (χ1) is 11.1. The van der Waals surface area contributed by atoms with Gasteiger partial charge in [0.2, 0.25) is 5.91 Å². The fourth-order valence-corrected chi connectivity index (χ4v) is 3.71. The van der Waals surface area contributed by atoms with Crippen molar-refractivity contribution in [1.82, 2.24) is 9.80 Å². The Kier molecular flexibility index (Phi) is 4.69. The Morgan fingerprint density at radius 1 is 0.957 bits per heavy atom. The molecule has 1 saturated heterocycles. The van der Waals surface area contributed by atoms with Crippen LogP contribution in [-0.4, -0.2) is 47.8 Å². The van der Waals surface area contributed by atoms with Crippen LogP contribution in [0.4, 0.5) is 0 Å². The predicted octanol–water partition coefficient (Wildman–Crippen LogP) is 2.78. The third-order valence-corrected chi connectivity index (χ3v) is 5.42. The zero-order chi connectivity index (χ0) is 16.4. The summed E-state index contributed by atoms with van der Waals surface area (Å²) in [6.45, 7) is 6.67. The highest BCUT2D eigenvalue weighted by Gasteiger charge is 2.30. The second kappa shape index (κ2) is 6.73. The van der Waals surface area contributed by atoms with E-state index in [2.05, 4.69) is 0 Å². The lowest BCUT2D eigenvalue weighted by Gasteiger charge is -2.36. The number of carbonyl (C=O) groups excluding carboxylic acids is 2. The number of piperazine rings is 1. The molecule has 4 heteroatoms. The quantitative estimate of drug-likeness (QED) is 0.842. The summed E-state index contributed by atoms with van der Waals surface area (Å²) >= 11 is 0. The fraction of sp³-hybridized carbons (Fsp3) is 0.579. The van der Waals surface area contributed by atoms with E-state index in [1.165, 1.54) is 12.8 Å². The number of benzene rings is 1. The van der Waals surface area contributed by atoms with Gasteiger partial charge in [-0.3, -0.25) is 9.59 Å². The fourth-order valence-electron chi connectivity index (χ4n) is 3.71. The van der Waals surface area contributed by atoms with Crippen molar-refractivity contribution >= 4 is 11.8 Å². The Balaban J connectivity index is 1.61. The van der Waals surface area contributed by atoms with Gasteiger partial charge in [0.05, 0.1) is 0 Å². The van der Waals surface area contributed by atoms with E-state index >= 15 is 0 Å². The number of rotatable bonds is 2. The molecule has 0 bridgehead atoms. The van der Waals surface area contributed by atoms with Crippen LogP contribution in [0.3, 0.4) is 0 Å². The lowest BCUT2D eigenvalue weighted by molar-refractivity contribution is -0.136. The molecule has 2 fully saturated rings. The van der Waals surface area contributed by atoms with E-state index < -0.39 is 0 Å². The lowest BCUT2D eigenvalue weighted by Crippen LogP contribution is -2.51. The van der Waals surface area contributed by atoms with Gasteiger partial charge in [-0.05, 0) is 43.9 Å². The van der Waals surface area contributed by atoms with Gasteiger partial charge in [0, 0.05) is 37.7 Å². The number of aryl methyl sites for hydroxylation is 1. The SMILES string of the molecule is Cc1cccc(C(=O)N2CCN(C(=O)C3CCCC3)CC2)c1C. The normalized spacial score (nSPS) is 19.2. The van der Waals surface area contributed by atoms with Crippen molar-refractivity contribution in [3.63, 3.8) is 0 Å². The van der Waals surface area contributed by atoms with Crippen LogP contribution < -0.4 is 0 Å². The van der Waals surface area contributed by atoms with E-state index in [4.69, 9.17) is 0 Å². The molecule has 0 N–H and O–H groups in total. The first-order valence-electron chi connectivity index (χ1n) is 8.72. The minimum atomic E-state index is 0.0964. The molecule has 3 rings (SSSR count). The average molecular weight is 314 g/mol. The monoisotopic (exact) mass is 314 g/mol. The molecule has 0 radical (unpaired) electrons. The molecule has 0 spiro atoms. The molecule has 0 atom stereocenters. The molecule has 1 aliphatic carbocycles. The maximum absolute atomic E-state index is 12.7. The molecule has 124 valence electrons. The van der Waals surface area contributed by atoms with Crippen molar-refractivity contribution in [3.05, 3.63) is 34.9 Å². The van der Waals surface area contributed by atoms with Crippen LogP contribution >= 0.6 is 0 Å². The van der Waals surface area contributed by atoms with Gasteiger partial charge < -0.3 is 9.80 Å². The van der Waals surface area contributed by atoms with Crippen molar-refractivity contribution in [2.75, 3.05) is 26.2 Å². The number of amides is 2. The van der Waals surface area contributed by atoms with E-state index in [9.17, 15) is 9.59 Å². The summed E-state index contributed by atoms with van der Waals surface area (Å²) in [5.74, 6) is 0.636. The third kappa shape index (κ3) is 3.26. The van der Waals surface area contributed by atoms with Gasteiger partial charge in [0.25, 0.3) is 5.91 Å². The molecule has 1 saturated carbocycles. The average Bonchev–Trinajstić information content (AvgIpc) is 3.11. The maximum Gasteiger partial charge on any atom is 0.254 e. The molecule has 2 amide bonds. The Bertz CT molecular complexity index is 597. The van der Waals surface area contributed by atoms with Crippen LogP contribution in [0.1, 0.15) is 47.2 Å². The largest absolute Gasteiger partial charge is 0.339 e. The van der Waals surface area contributed by atoms with Crippen molar-refractivity contribution in [2.24, 2.45) is 5.92 Å². The minimum Gasteiger partial charge on any atom is -0.339 e. The summed E-state index contributed by atoms with van der Waals surface area (Å²) in [7, 11) is 0. The molecule has 0 unspecified atom stereocenters. The molecule has 2 aliphatic rings. The van der Waals surface area contributed by atoms with Gasteiger partial charge >= 0.3 is 0 Å².